The molecule has 1 N–H and O–H groups in total. The first-order valence-corrected chi connectivity index (χ1v) is 5.29. The Morgan fingerprint density at radius 3 is 2.75 bits per heavy atom. The maximum absolute atomic E-state index is 11.8. The normalized spacial score (nSPS) is 12.1. The van der Waals surface area contributed by atoms with E-state index in [1.807, 2.05) is 0 Å². The molecule has 1 heterocycles. The molecule has 1 aromatic heterocycles. The number of hydrogen-bond donors (Lipinski definition) is 1. The van der Waals surface area contributed by atoms with Gasteiger partial charge in [-0.2, -0.15) is 0 Å². The van der Waals surface area contributed by atoms with Gasteiger partial charge in [-0.15, -0.1) is 0 Å². The lowest BCUT2D eigenvalue weighted by molar-refractivity contribution is -0.141. The highest BCUT2D eigenvalue weighted by molar-refractivity contribution is 6.33. The fourth-order valence-corrected chi connectivity index (χ4v) is 1.53. The van der Waals surface area contributed by atoms with Crippen molar-refractivity contribution >= 4 is 23.4 Å². The van der Waals surface area contributed by atoms with Crippen molar-refractivity contribution in [2.24, 2.45) is 5.92 Å². The van der Waals surface area contributed by atoms with E-state index in [0.29, 0.717) is 11.4 Å². The van der Waals surface area contributed by atoms with Gasteiger partial charge in [0.05, 0.1) is 16.5 Å². The van der Waals surface area contributed by atoms with Gasteiger partial charge in [-0.1, -0.05) is 18.5 Å². The monoisotopic (exact) mass is 241 g/mol. The minimum Gasteiger partial charge on any atom is -0.481 e. The van der Waals surface area contributed by atoms with Gasteiger partial charge in [-0.25, -0.2) is 0 Å². The average molecular weight is 242 g/mol. The Morgan fingerprint density at radius 1 is 1.56 bits per heavy atom. The van der Waals surface area contributed by atoms with Crippen molar-refractivity contribution in [1.29, 1.82) is 0 Å². The third-order valence-corrected chi connectivity index (χ3v) is 2.67. The second-order valence-corrected chi connectivity index (χ2v) is 3.83. The molecule has 5 heteroatoms. The third-order valence-electron chi connectivity index (χ3n) is 2.34. The molecule has 0 aliphatic heterocycles. The molecule has 0 aromatic carbocycles. The SMILES string of the molecule is CCC(CC(=O)c1cnccc1Cl)C(=O)O. The Labute approximate surface area is 98.3 Å². The van der Waals surface area contributed by atoms with Gasteiger partial charge < -0.3 is 5.11 Å². The van der Waals surface area contributed by atoms with E-state index in [1.54, 1.807) is 6.92 Å². The molecule has 0 aliphatic carbocycles. The average Bonchev–Trinajstić information content (AvgIpc) is 2.25. The van der Waals surface area contributed by atoms with Crippen molar-refractivity contribution in [3.8, 4) is 0 Å². The largest absolute Gasteiger partial charge is 0.481 e. The van der Waals surface area contributed by atoms with Gasteiger partial charge in [-0.3, -0.25) is 14.6 Å². The lowest BCUT2D eigenvalue weighted by Crippen LogP contribution is -2.17. The number of carboxylic acid groups (broad SMARTS) is 1. The zero-order valence-corrected chi connectivity index (χ0v) is 9.57. The highest BCUT2D eigenvalue weighted by Crippen LogP contribution is 2.19. The van der Waals surface area contributed by atoms with Gasteiger partial charge >= 0.3 is 5.97 Å². The topological polar surface area (TPSA) is 67.3 Å². The molecular weight excluding hydrogens is 230 g/mol. The van der Waals surface area contributed by atoms with Crippen LogP contribution >= 0.6 is 11.6 Å². The van der Waals surface area contributed by atoms with Crippen LogP contribution in [0.25, 0.3) is 0 Å². The smallest absolute Gasteiger partial charge is 0.306 e. The van der Waals surface area contributed by atoms with Crippen LogP contribution in [0, 0.1) is 5.92 Å². The van der Waals surface area contributed by atoms with E-state index in [0.717, 1.165) is 0 Å². The van der Waals surface area contributed by atoms with Crippen LogP contribution < -0.4 is 0 Å². The number of nitrogens with zero attached hydrogens (tertiary/aromatic N) is 1. The zero-order chi connectivity index (χ0) is 12.1. The quantitative estimate of drug-likeness (QED) is 0.804. The predicted molar refractivity (Wildman–Crippen MR) is 59.6 cm³/mol. The van der Waals surface area contributed by atoms with E-state index in [-0.39, 0.29) is 17.8 Å². The Bertz CT molecular complexity index is 406. The molecule has 0 bridgehead atoms. The van der Waals surface area contributed by atoms with Crippen molar-refractivity contribution in [3.05, 3.63) is 29.0 Å². The van der Waals surface area contributed by atoms with Gasteiger partial charge in [0.2, 0.25) is 0 Å². The zero-order valence-electron chi connectivity index (χ0n) is 8.81. The lowest BCUT2D eigenvalue weighted by Gasteiger charge is -2.08. The highest BCUT2D eigenvalue weighted by atomic mass is 35.5. The molecule has 0 saturated heterocycles. The van der Waals surface area contributed by atoms with Crippen molar-refractivity contribution in [3.63, 3.8) is 0 Å². The fourth-order valence-electron chi connectivity index (χ4n) is 1.32. The maximum Gasteiger partial charge on any atom is 0.306 e. The standard InChI is InChI=1S/C11H12ClNO3/c1-2-7(11(15)16)5-10(14)8-6-13-4-3-9(8)12/h3-4,6-7H,2,5H2,1H3,(H,15,16). The summed E-state index contributed by atoms with van der Waals surface area (Å²) in [5, 5.41) is 9.14. The molecule has 1 atom stereocenters. The Hall–Kier alpha value is -1.42. The van der Waals surface area contributed by atoms with E-state index < -0.39 is 11.9 Å². The summed E-state index contributed by atoms with van der Waals surface area (Å²) in [7, 11) is 0. The molecule has 4 nitrogen and oxygen atoms in total. The molecule has 86 valence electrons. The maximum atomic E-state index is 11.8. The number of aliphatic carboxylic acids is 1. The number of hydrogen-bond acceptors (Lipinski definition) is 3. The summed E-state index contributed by atoms with van der Waals surface area (Å²) in [5.74, 6) is -1.91. The van der Waals surface area contributed by atoms with Gasteiger partial charge in [0, 0.05) is 18.8 Å². The molecule has 0 fully saturated rings. The molecule has 0 amide bonds. The van der Waals surface area contributed by atoms with Crippen molar-refractivity contribution in [1.82, 2.24) is 4.98 Å². The number of ketones is 1. The van der Waals surface area contributed by atoms with Gasteiger partial charge in [0.15, 0.2) is 5.78 Å². The predicted octanol–water partition coefficient (Wildman–Crippen LogP) is 2.42. The van der Waals surface area contributed by atoms with Crippen molar-refractivity contribution in [2.75, 3.05) is 0 Å². The summed E-state index contributed by atoms with van der Waals surface area (Å²) in [4.78, 5) is 26.3. The summed E-state index contributed by atoms with van der Waals surface area (Å²) in [5.41, 5.74) is 0.281. The first kappa shape index (κ1) is 12.6. The highest BCUT2D eigenvalue weighted by Gasteiger charge is 2.21. The number of carboxylic acids is 1. The van der Waals surface area contributed by atoms with Gasteiger partial charge in [0.1, 0.15) is 0 Å². The number of Topliss-reactive ketones (excluding diaryl/α,β-unsaturated/α-hetero) is 1. The Kier molecular flexibility index (Phi) is 4.43. The van der Waals surface area contributed by atoms with Crippen LogP contribution in [-0.2, 0) is 4.79 Å². The van der Waals surface area contributed by atoms with Crippen molar-refractivity contribution in [2.45, 2.75) is 19.8 Å². The van der Waals surface area contributed by atoms with E-state index >= 15 is 0 Å². The van der Waals surface area contributed by atoms with Crippen LogP contribution in [0.4, 0.5) is 0 Å². The number of halogens is 1. The molecular formula is C11H12ClNO3. The summed E-state index contributed by atoms with van der Waals surface area (Å²) < 4.78 is 0. The first-order chi connectivity index (χ1) is 7.56. The lowest BCUT2D eigenvalue weighted by atomic mass is 9.97. The van der Waals surface area contributed by atoms with E-state index in [9.17, 15) is 9.59 Å². The second kappa shape index (κ2) is 5.61. The van der Waals surface area contributed by atoms with Crippen molar-refractivity contribution < 1.29 is 14.7 Å². The number of carbonyl (C=O) groups is 2. The van der Waals surface area contributed by atoms with E-state index in [4.69, 9.17) is 16.7 Å². The first-order valence-electron chi connectivity index (χ1n) is 4.91. The van der Waals surface area contributed by atoms with Crippen LogP contribution in [0.15, 0.2) is 18.5 Å². The minimum atomic E-state index is -0.962. The van der Waals surface area contributed by atoms with Gasteiger partial charge in [0.25, 0.3) is 0 Å². The molecule has 0 spiro atoms. The fraction of sp³-hybridized carbons (Fsp3) is 0.364. The Morgan fingerprint density at radius 2 is 2.25 bits per heavy atom. The number of carbonyl (C=O) groups excluding carboxylic acids is 1. The molecule has 0 saturated carbocycles. The van der Waals surface area contributed by atoms with Crippen LogP contribution in [0.2, 0.25) is 5.02 Å². The molecule has 1 aromatic rings. The molecule has 0 radical (unpaired) electrons. The van der Waals surface area contributed by atoms with Gasteiger partial charge in [-0.05, 0) is 12.5 Å². The number of aromatic nitrogens is 1. The van der Waals surface area contributed by atoms with E-state index in [1.165, 1.54) is 18.5 Å². The second-order valence-electron chi connectivity index (χ2n) is 3.43. The van der Waals surface area contributed by atoms with Crippen LogP contribution in [0.1, 0.15) is 30.1 Å². The molecule has 1 unspecified atom stereocenters. The molecule has 1 rings (SSSR count). The van der Waals surface area contributed by atoms with Crippen LogP contribution in [0.3, 0.4) is 0 Å². The summed E-state index contributed by atoms with van der Waals surface area (Å²) in [6, 6.07) is 1.51. The minimum absolute atomic E-state index is 0.0444. The Balaban J connectivity index is 2.80. The summed E-state index contributed by atoms with van der Waals surface area (Å²) >= 11 is 5.82. The van der Waals surface area contributed by atoms with E-state index in [2.05, 4.69) is 4.98 Å². The van der Waals surface area contributed by atoms with Crippen LogP contribution in [0.5, 0.6) is 0 Å². The summed E-state index contributed by atoms with van der Waals surface area (Å²) in [6.45, 7) is 1.73. The number of pyridine rings is 1. The molecule has 0 aliphatic rings. The third kappa shape index (κ3) is 3.03. The van der Waals surface area contributed by atoms with Crippen LogP contribution in [-0.4, -0.2) is 21.8 Å². The molecule has 16 heavy (non-hydrogen) atoms. The summed E-state index contributed by atoms with van der Waals surface area (Å²) in [6.07, 6.45) is 3.21. The number of rotatable bonds is 5.